The predicted octanol–water partition coefficient (Wildman–Crippen LogP) is 2.50. The van der Waals surface area contributed by atoms with Crippen LogP contribution in [-0.2, 0) is 23.7 Å². The van der Waals surface area contributed by atoms with Crippen molar-refractivity contribution in [3.05, 3.63) is 28.5 Å². The van der Waals surface area contributed by atoms with Gasteiger partial charge in [0.1, 0.15) is 5.69 Å². The standard InChI is InChI=1S/C18H21N5O2/c1-9-12-7-6-11-14(17-20-10(2)22-25-17)23(5)21-16(11)18(12,3)8-13(19-4)15(9)24/h9,12-13H,6-8H2,1-3,5H3/t9-,12-,13?,18-/m0/s1. The van der Waals surface area contributed by atoms with E-state index in [9.17, 15) is 4.79 Å². The second-order valence-corrected chi connectivity index (χ2v) is 7.55. The Morgan fingerprint density at radius 3 is 2.84 bits per heavy atom. The second-order valence-electron chi connectivity index (χ2n) is 7.55. The van der Waals surface area contributed by atoms with Gasteiger partial charge < -0.3 is 9.37 Å². The van der Waals surface area contributed by atoms with E-state index in [0.717, 1.165) is 29.8 Å². The van der Waals surface area contributed by atoms with E-state index in [1.807, 2.05) is 14.0 Å². The molecular formula is C18H21N5O2. The highest BCUT2D eigenvalue weighted by Crippen LogP contribution is 2.52. The van der Waals surface area contributed by atoms with Crippen molar-refractivity contribution < 1.29 is 9.32 Å². The molecule has 2 aromatic heterocycles. The van der Waals surface area contributed by atoms with Gasteiger partial charge >= 0.3 is 0 Å². The van der Waals surface area contributed by atoms with Gasteiger partial charge in [-0.2, -0.15) is 10.1 Å². The minimum absolute atomic E-state index is 0.0876. The van der Waals surface area contributed by atoms with Crippen LogP contribution in [0.4, 0.5) is 0 Å². The molecule has 130 valence electrons. The summed E-state index contributed by atoms with van der Waals surface area (Å²) in [6.45, 7) is 13.3. The molecule has 0 bridgehead atoms. The molecule has 0 N–H and O–H groups in total. The Morgan fingerprint density at radius 2 is 2.20 bits per heavy atom. The van der Waals surface area contributed by atoms with Crippen LogP contribution in [0.5, 0.6) is 0 Å². The molecule has 2 aromatic rings. The molecule has 7 heteroatoms. The number of Topliss-reactive ketones (excluding diaryl/α,β-unsaturated/α-hetero) is 1. The summed E-state index contributed by atoms with van der Waals surface area (Å²) in [6, 6.07) is -0.571. The quantitative estimate of drug-likeness (QED) is 0.746. The van der Waals surface area contributed by atoms with E-state index in [0.29, 0.717) is 18.1 Å². The number of carbonyl (C=O) groups excluding carboxylic acids is 1. The van der Waals surface area contributed by atoms with Crippen LogP contribution >= 0.6 is 0 Å². The van der Waals surface area contributed by atoms with Crippen LogP contribution < -0.4 is 0 Å². The Bertz CT molecular complexity index is 905. The van der Waals surface area contributed by atoms with Gasteiger partial charge in [-0.3, -0.25) is 9.48 Å². The Labute approximate surface area is 146 Å². The van der Waals surface area contributed by atoms with Crippen molar-refractivity contribution in [3.63, 3.8) is 0 Å². The Balaban J connectivity index is 1.87. The van der Waals surface area contributed by atoms with E-state index in [4.69, 9.17) is 16.2 Å². The third-order valence-electron chi connectivity index (χ3n) is 6.09. The van der Waals surface area contributed by atoms with Crippen LogP contribution in [0.1, 0.15) is 43.8 Å². The number of rotatable bonds is 1. The molecule has 4 atom stereocenters. The van der Waals surface area contributed by atoms with E-state index < -0.39 is 6.04 Å². The van der Waals surface area contributed by atoms with E-state index in [1.54, 1.807) is 11.6 Å². The summed E-state index contributed by atoms with van der Waals surface area (Å²) in [5.74, 6) is 1.27. The minimum Gasteiger partial charge on any atom is -0.332 e. The fourth-order valence-corrected chi connectivity index (χ4v) is 4.88. The highest BCUT2D eigenvalue weighted by Gasteiger charge is 2.56. The van der Waals surface area contributed by atoms with Crippen molar-refractivity contribution in [1.29, 1.82) is 0 Å². The van der Waals surface area contributed by atoms with Gasteiger partial charge in [-0.15, -0.1) is 0 Å². The first-order valence-corrected chi connectivity index (χ1v) is 8.64. The number of hydrogen-bond donors (Lipinski definition) is 0. The topological polar surface area (TPSA) is 78.2 Å². The zero-order valence-corrected chi connectivity index (χ0v) is 14.9. The second kappa shape index (κ2) is 5.25. The van der Waals surface area contributed by atoms with Gasteiger partial charge in [0, 0.05) is 30.4 Å². The minimum atomic E-state index is -0.571. The lowest BCUT2D eigenvalue weighted by atomic mass is 9.55. The molecule has 0 aliphatic heterocycles. The third kappa shape index (κ3) is 2.10. The van der Waals surface area contributed by atoms with E-state index in [1.165, 1.54) is 0 Å². The van der Waals surface area contributed by atoms with Crippen molar-refractivity contribution in [2.45, 2.75) is 51.5 Å². The molecule has 2 aliphatic carbocycles. The van der Waals surface area contributed by atoms with Gasteiger partial charge in [0.25, 0.3) is 11.9 Å². The number of nitrogens with zero attached hydrogens (tertiary/aromatic N) is 5. The lowest BCUT2D eigenvalue weighted by Gasteiger charge is -2.46. The lowest BCUT2D eigenvalue weighted by molar-refractivity contribution is -0.129. The number of carbonyl (C=O) groups is 1. The maximum atomic E-state index is 12.5. The highest BCUT2D eigenvalue weighted by molar-refractivity contribution is 5.89. The van der Waals surface area contributed by atoms with Crippen LogP contribution in [0.2, 0.25) is 0 Å². The van der Waals surface area contributed by atoms with Crippen LogP contribution in [0.15, 0.2) is 4.52 Å². The molecule has 2 aliphatic rings. The SMILES string of the molecule is [C-]#[N+]C1C[C@]2(C)c3nn(C)c(-c4nc(C)no4)c3CC[C@H]2[C@H](C)C1=O. The Morgan fingerprint density at radius 1 is 1.44 bits per heavy atom. The molecule has 0 amide bonds. The molecule has 4 rings (SSSR count). The molecule has 0 spiro atoms. The number of aromatic nitrogens is 4. The summed E-state index contributed by atoms with van der Waals surface area (Å²) in [5.41, 5.74) is 2.70. The largest absolute Gasteiger partial charge is 0.332 e. The number of ketones is 1. The normalized spacial score (nSPS) is 31.3. The average molecular weight is 339 g/mol. The molecular weight excluding hydrogens is 318 g/mol. The van der Waals surface area contributed by atoms with Crippen molar-refractivity contribution in [1.82, 2.24) is 19.9 Å². The van der Waals surface area contributed by atoms with Crippen molar-refractivity contribution in [2.75, 3.05) is 0 Å². The van der Waals surface area contributed by atoms with Gasteiger partial charge in [0.05, 0.1) is 5.69 Å². The van der Waals surface area contributed by atoms with Crippen molar-refractivity contribution in [3.8, 4) is 11.6 Å². The summed E-state index contributed by atoms with van der Waals surface area (Å²) in [6.07, 6.45) is 2.28. The molecule has 7 nitrogen and oxygen atoms in total. The zero-order chi connectivity index (χ0) is 17.9. The van der Waals surface area contributed by atoms with Crippen LogP contribution in [-0.4, -0.2) is 31.7 Å². The van der Waals surface area contributed by atoms with Gasteiger partial charge in [-0.1, -0.05) is 19.0 Å². The number of hydrogen-bond acceptors (Lipinski definition) is 5. The van der Waals surface area contributed by atoms with Crippen LogP contribution in [0.3, 0.4) is 0 Å². The zero-order valence-electron chi connectivity index (χ0n) is 14.9. The fraction of sp³-hybridized carbons (Fsp3) is 0.611. The third-order valence-corrected chi connectivity index (χ3v) is 6.09. The van der Waals surface area contributed by atoms with Crippen molar-refractivity contribution in [2.24, 2.45) is 18.9 Å². The molecule has 1 fully saturated rings. The first kappa shape index (κ1) is 16.0. The van der Waals surface area contributed by atoms with E-state index in [2.05, 4.69) is 21.9 Å². The summed E-state index contributed by atoms with van der Waals surface area (Å²) < 4.78 is 7.19. The van der Waals surface area contributed by atoms with Gasteiger partial charge in [0.2, 0.25) is 5.78 Å². The monoisotopic (exact) mass is 339 g/mol. The first-order chi connectivity index (χ1) is 11.9. The summed E-state index contributed by atoms with van der Waals surface area (Å²) in [5, 5.41) is 8.69. The van der Waals surface area contributed by atoms with Gasteiger partial charge in [0.15, 0.2) is 5.82 Å². The maximum absolute atomic E-state index is 12.5. The molecule has 0 radical (unpaired) electrons. The van der Waals surface area contributed by atoms with Gasteiger partial charge in [-0.25, -0.2) is 6.57 Å². The van der Waals surface area contributed by atoms with Crippen LogP contribution in [0, 0.1) is 25.3 Å². The highest BCUT2D eigenvalue weighted by atomic mass is 16.5. The smallest absolute Gasteiger partial charge is 0.282 e. The average Bonchev–Trinajstić information content (AvgIpc) is 3.14. The van der Waals surface area contributed by atoms with Crippen LogP contribution in [0.25, 0.3) is 16.4 Å². The summed E-state index contributed by atoms with van der Waals surface area (Å²) in [4.78, 5) is 20.5. The first-order valence-electron chi connectivity index (χ1n) is 8.64. The maximum Gasteiger partial charge on any atom is 0.282 e. The molecule has 25 heavy (non-hydrogen) atoms. The number of fused-ring (bicyclic) bond motifs is 3. The Kier molecular flexibility index (Phi) is 3.36. The molecule has 1 saturated carbocycles. The molecule has 1 unspecified atom stereocenters. The molecule has 0 aromatic carbocycles. The predicted molar refractivity (Wildman–Crippen MR) is 89.6 cm³/mol. The van der Waals surface area contributed by atoms with Crippen molar-refractivity contribution >= 4 is 5.78 Å². The Hall–Kier alpha value is -2.49. The molecule has 0 saturated heterocycles. The number of aryl methyl sites for hydroxylation is 2. The lowest BCUT2D eigenvalue weighted by Crippen LogP contribution is -2.51. The fourth-order valence-electron chi connectivity index (χ4n) is 4.88. The molecule has 2 heterocycles. The van der Waals surface area contributed by atoms with Gasteiger partial charge in [-0.05, 0) is 25.7 Å². The van der Waals surface area contributed by atoms with E-state index >= 15 is 0 Å². The summed E-state index contributed by atoms with van der Waals surface area (Å²) in [7, 11) is 1.88. The summed E-state index contributed by atoms with van der Waals surface area (Å²) >= 11 is 0. The van der Waals surface area contributed by atoms with E-state index in [-0.39, 0.29) is 23.0 Å².